The molecule has 3 aromatic rings. The molecule has 3 rings (SSSR count). The zero-order valence-corrected chi connectivity index (χ0v) is 20.4. The highest BCUT2D eigenvalue weighted by atomic mass is 16.6. The Morgan fingerprint density at radius 3 is 2.43 bits per heavy atom. The van der Waals surface area contributed by atoms with Gasteiger partial charge in [0.25, 0.3) is 5.91 Å². The fraction of sp³-hybridized carbons (Fsp3) is 0.296. The van der Waals surface area contributed by atoms with Crippen LogP contribution in [-0.2, 0) is 20.9 Å². The van der Waals surface area contributed by atoms with E-state index in [1.165, 1.54) is 6.21 Å². The topological polar surface area (TPSA) is 98.3 Å². The van der Waals surface area contributed by atoms with E-state index in [-0.39, 0.29) is 13.2 Å². The first kappa shape index (κ1) is 25.7. The highest BCUT2D eigenvalue weighted by Crippen LogP contribution is 2.26. The average Bonchev–Trinajstić information content (AvgIpc) is 2.83. The molecule has 0 heterocycles. The van der Waals surface area contributed by atoms with E-state index in [2.05, 4.69) is 15.8 Å². The van der Waals surface area contributed by atoms with Crippen molar-refractivity contribution in [3.05, 3.63) is 77.9 Å². The van der Waals surface area contributed by atoms with Gasteiger partial charge in [-0.15, -0.1) is 0 Å². The third-order valence-electron chi connectivity index (χ3n) is 4.92. The second kappa shape index (κ2) is 12.0. The van der Waals surface area contributed by atoms with Crippen LogP contribution in [0, 0.1) is 0 Å². The predicted molar refractivity (Wildman–Crippen MR) is 135 cm³/mol. The van der Waals surface area contributed by atoms with Crippen LogP contribution in [0.25, 0.3) is 10.8 Å². The molecule has 2 N–H and O–H groups in total. The largest absolute Gasteiger partial charge is 0.496 e. The summed E-state index contributed by atoms with van der Waals surface area (Å²) in [6.07, 6.45) is 0.801. The molecule has 0 saturated carbocycles. The summed E-state index contributed by atoms with van der Waals surface area (Å²) in [5.41, 5.74) is 3.45. The van der Waals surface area contributed by atoms with E-state index in [4.69, 9.17) is 14.2 Å². The number of hydrogen-bond acceptors (Lipinski definition) is 6. The van der Waals surface area contributed by atoms with Crippen LogP contribution in [0.15, 0.2) is 71.8 Å². The molecular weight excluding hydrogens is 446 g/mol. The van der Waals surface area contributed by atoms with Crippen molar-refractivity contribution < 1.29 is 23.8 Å². The minimum absolute atomic E-state index is 0.0624. The minimum Gasteiger partial charge on any atom is -0.496 e. The second-order valence-corrected chi connectivity index (χ2v) is 8.84. The van der Waals surface area contributed by atoms with Crippen LogP contribution in [0.5, 0.6) is 5.75 Å². The number of methoxy groups -OCH3 is 1. The lowest BCUT2D eigenvalue weighted by atomic mass is 10.0. The van der Waals surface area contributed by atoms with E-state index >= 15 is 0 Å². The van der Waals surface area contributed by atoms with E-state index in [9.17, 15) is 9.59 Å². The van der Waals surface area contributed by atoms with Gasteiger partial charge in [0.2, 0.25) is 0 Å². The Labute approximate surface area is 205 Å². The Hall–Kier alpha value is -3.91. The molecule has 2 amide bonds. The van der Waals surface area contributed by atoms with Gasteiger partial charge in [0.05, 0.1) is 26.5 Å². The van der Waals surface area contributed by atoms with Gasteiger partial charge >= 0.3 is 6.09 Å². The molecule has 0 aromatic heterocycles. The van der Waals surface area contributed by atoms with Crippen molar-refractivity contribution >= 4 is 29.0 Å². The van der Waals surface area contributed by atoms with Gasteiger partial charge in [-0.05, 0) is 43.2 Å². The number of carbonyl (C=O) groups is 2. The summed E-state index contributed by atoms with van der Waals surface area (Å²) in [5.74, 6) is 0.0793. The summed E-state index contributed by atoms with van der Waals surface area (Å²) in [5, 5.41) is 8.62. The van der Waals surface area contributed by atoms with Gasteiger partial charge in [-0.2, -0.15) is 5.10 Å². The van der Waals surface area contributed by atoms with E-state index in [0.717, 1.165) is 21.9 Å². The van der Waals surface area contributed by atoms with Gasteiger partial charge in [-0.25, -0.2) is 10.2 Å². The van der Waals surface area contributed by atoms with Gasteiger partial charge in [0.15, 0.2) is 0 Å². The van der Waals surface area contributed by atoms with Crippen molar-refractivity contribution in [2.45, 2.75) is 39.0 Å². The minimum atomic E-state index is -1.01. The highest BCUT2D eigenvalue weighted by molar-refractivity contribution is 6.02. The smallest absolute Gasteiger partial charge is 0.408 e. The Morgan fingerprint density at radius 1 is 1.00 bits per heavy atom. The first-order chi connectivity index (χ1) is 16.8. The number of ether oxygens (including phenoxy) is 3. The first-order valence-corrected chi connectivity index (χ1v) is 11.3. The van der Waals surface area contributed by atoms with Crippen molar-refractivity contribution in [3.63, 3.8) is 0 Å². The summed E-state index contributed by atoms with van der Waals surface area (Å²) < 4.78 is 16.4. The molecule has 0 unspecified atom stereocenters. The third kappa shape index (κ3) is 7.82. The number of carbonyl (C=O) groups excluding carboxylic acids is 2. The summed E-state index contributed by atoms with van der Waals surface area (Å²) >= 11 is 0. The third-order valence-corrected chi connectivity index (χ3v) is 4.92. The normalized spacial score (nSPS) is 12.3. The van der Waals surface area contributed by atoms with E-state index in [0.29, 0.717) is 5.75 Å². The molecular formula is C27H31N3O5. The molecule has 0 bridgehead atoms. The number of fused-ring (bicyclic) bond motifs is 1. The van der Waals surface area contributed by atoms with Crippen LogP contribution in [-0.4, -0.2) is 43.6 Å². The lowest BCUT2D eigenvalue weighted by molar-refractivity contribution is -0.124. The number of hydrogen-bond donors (Lipinski definition) is 2. The molecule has 0 aliphatic heterocycles. The van der Waals surface area contributed by atoms with Crippen LogP contribution >= 0.6 is 0 Å². The number of amides is 2. The molecule has 8 heteroatoms. The van der Waals surface area contributed by atoms with Crippen molar-refractivity contribution in [1.82, 2.24) is 10.7 Å². The van der Waals surface area contributed by atoms with Gasteiger partial charge in [0.1, 0.15) is 17.4 Å². The lowest BCUT2D eigenvalue weighted by Gasteiger charge is -2.22. The summed E-state index contributed by atoms with van der Waals surface area (Å²) in [4.78, 5) is 25.2. The second-order valence-electron chi connectivity index (χ2n) is 8.84. The number of nitrogens with one attached hydrogen (secondary N) is 2. The summed E-state index contributed by atoms with van der Waals surface area (Å²) in [6.45, 7) is 5.46. The summed E-state index contributed by atoms with van der Waals surface area (Å²) in [6, 6.07) is 20.1. The first-order valence-electron chi connectivity index (χ1n) is 11.3. The molecule has 0 aliphatic rings. The maximum Gasteiger partial charge on any atom is 0.408 e. The average molecular weight is 478 g/mol. The van der Waals surface area contributed by atoms with Crippen molar-refractivity contribution in [2.24, 2.45) is 5.10 Å². The van der Waals surface area contributed by atoms with Gasteiger partial charge in [0, 0.05) is 5.56 Å². The molecule has 184 valence electrons. The van der Waals surface area contributed by atoms with Crippen LogP contribution in [0.4, 0.5) is 4.79 Å². The number of rotatable bonds is 9. The standard InChI is InChI=1S/C27H31N3O5/c1-27(2,3)35-26(32)29-23(18-34-17-19-10-6-5-7-11-19)25(31)30-28-16-22-21-13-9-8-12-20(21)14-15-24(22)33-4/h5-16,23H,17-18H2,1-4H3,(H,29,32)(H,30,31)/b28-16-/t23-/m0/s1. The fourth-order valence-corrected chi connectivity index (χ4v) is 3.33. The lowest BCUT2D eigenvalue weighted by Crippen LogP contribution is -2.49. The predicted octanol–water partition coefficient (Wildman–Crippen LogP) is 4.41. The monoisotopic (exact) mass is 477 g/mol. The molecule has 1 atom stereocenters. The van der Waals surface area contributed by atoms with Gasteiger partial charge in [-0.3, -0.25) is 4.79 Å². The van der Waals surface area contributed by atoms with Crippen molar-refractivity contribution in [1.29, 1.82) is 0 Å². The SMILES string of the molecule is COc1ccc2ccccc2c1/C=N\NC(=O)[C@H](COCc1ccccc1)NC(=O)OC(C)(C)C. The van der Waals surface area contributed by atoms with Crippen LogP contribution < -0.4 is 15.5 Å². The molecule has 0 fully saturated rings. The Kier molecular flexibility index (Phi) is 8.80. The molecule has 0 spiro atoms. The quantitative estimate of drug-likeness (QED) is 0.351. The van der Waals surface area contributed by atoms with E-state index in [1.807, 2.05) is 66.7 Å². The maximum atomic E-state index is 12.9. The molecule has 35 heavy (non-hydrogen) atoms. The Morgan fingerprint density at radius 2 is 1.71 bits per heavy atom. The van der Waals surface area contributed by atoms with Crippen LogP contribution in [0.1, 0.15) is 31.9 Å². The zero-order chi connectivity index (χ0) is 25.3. The Balaban J connectivity index is 1.71. The summed E-state index contributed by atoms with van der Waals surface area (Å²) in [7, 11) is 1.57. The van der Waals surface area contributed by atoms with Gasteiger partial charge < -0.3 is 19.5 Å². The van der Waals surface area contributed by atoms with Crippen LogP contribution in [0.3, 0.4) is 0 Å². The van der Waals surface area contributed by atoms with Crippen molar-refractivity contribution in [3.8, 4) is 5.75 Å². The number of hydrazone groups is 1. The molecule has 0 aliphatic carbocycles. The Bertz CT molecular complexity index is 1170. The van der Waals surface area contributed by atoms with E-state index < -0.39 is 23.6 Å². The number of alkyl carbamates (subject to hydrolysis) is 1. The van der Waals surface area contributed by atoms with Crippen LogP contribution in [0.2, 0.25) is 0 Å². The molecule has 3 aromatic carbocycles. The fourth-order valence-electron chi connectivity index (χ4n) is 3.33. The highest BCUT2D eigenvalue weighted by Gasteiger charge is 2.24. The molecule has 0 radical (unpaired) electrons. The number of benzene rings is 3. The van der Waals surface area contributed by atoms with E-state index in [1.54, 1.807) is 27.9 Å². The molecule has 0 saturated heterocycles. The maximum absolute atomic E-state index is 12.9. The molecule has 8 nitrogen and oxygen atoms in total. The van der Waals surface area contributed by atoms with Crippen molar-refractivity contribution in [2.75, 3.05) is 13.7 Å². The zero-order valence-electron chi connectivity index (χ0n) is 20.4. The number of nitrogens with zero attached hydrogens (tertiary/aromatic N) is 1. The van der Waals surface area contributed by atoms with Gasteiger partial charge in [-0.1, -0.05) is 60.7 Å².